The molecule has 2 heterocycles. The first kappa shape index (κ1) is 13.6. The van der Waals surface area contributed by atoms with Gasteiger partial charge in [0, 0.05) is 45.8 Å². The Morgan fingerprint density at radius 2 is 2.00 bits per heavy atom. The van der Waals surface area contributed by atoms with Gasteiger partial charge in [-0.05, 0) is 19.3 Å². The van der Waals surface area contributed by atoms with E-state index in [0.29, 0.717) is 12.1 Å². The summed E-state index contributed by atoms with van der Waals surface area (Å²) in [5.41, 5.74) is 5.58. The summed E-state index contributed by atoms with van der Waals surface area (Å²) in [6.07, 6.45) is 3.23. The van der Waals surface area contributed by atoms with Crippen LogP contribution in [-0.4, -0.2) is 72.6 Å². The Kier molecular flexibility index (Phi) is 4.45. The summed E-state index contributed by atoms with van der Waals surface area (Å²) in [6, 6.07) is 1.06. The first-order chi connectivity index (χ1) is 8.67. The van der Waals surface area contributed by atoms with E-state index in [2.05, 4.69) is 16.7 Å². The summed E-state index contributed by atoms with van der Waals surface area (Å²) in [5, 5.41) is 0. The number of nitrogens with zero attached hydrogens (tertiary/aromatic N) is 3. The molecule has 2 amide bonds. The molecule has 2 saturated heterocycles. The van der Waals surface area contributed by atoms with E-state index in [4.69, 9.17) is 5.73 Å². The van der Waals surface area contributed by atoms with Gasteiger partial charge in [-0.1, -0.05) is 6.92 Å². The highest BCUT2D eigenvalue weighted by molar-refractivity contribution is 5.77. The highest BCUT2D eigenvalue weighted by Crippen LogP contribution is 2.24. The molecule has 18 heavy (non-hydrogen) atoms. The van der Waals surface area contributed by atoms with E-state index < -0.39 is 0 Å². The maximum Gasteiger partial charge on any atom is 0.320 e. The van der Waals surface area contributed by atoms with Gasteiger partial charge in [0.15, 0.2) is 0 Å². The van der Waals surface area contributed by atoms with Gasteiger partial charge in [-0.25, -0.2) is 4.79 Å². The first-order valence-electron chi connectivity index (χ1n) is 7.13. The second-order valence-corrected chi connectivity index (χ2v) is 5.47. The molecule has 2 N–H and O–H groups in total. The lowest BCUT2D eigenvalue weighted by Gasteiger charge is -2.36. The Balaban J connectivity index is 1.88. The first-order valence-corrected chi connectivity index (χ1v) is 7.13. The van der Waals surface area contributed by atoms with E-state index >= 15 is 0 Å². The van der Waals surface area contributed by atoms with Crippen LogP contribution in [0, 0.1) is 0 Å². The van der Waals surface area contributed by atoms with Crippen molar-refractivity contribution in [1.29, 1.82) is 0 Å². The molecule has 2 fully saturated rings. The van der Waals surface area contributed by atoms with E-state index in [1.165, 1.54) is 0 Å². The van der Waals surface area contributed by atoms with Crippen LogP contribution < -0.4 is 5.73 Å². The number of likely N-dealkylation sites (N-methyl/N-ethyl adjacent to an activating group) is 1. The number of urea groups is 1. The van der Waals surface area contributed by atoms with Crippen LogP contribution in [0.4, 0.5) is 4.79 Å². The summed E-state index contributed by atoms with van der Waals surface area (Å²) in [6.45, 7) is 6.93. The van der Waals surface area contributed by atoms with Gasteiger partial charge in [-0.3, -0.25) is 0 Å². The molecule has 1 unspecified atom stereocenters. The van der Waals surface area contributed by atoms with E-state index in [-0.39, 0.29) is 6.03 Å². The number of hydrogen-bond acceptors (Lipinski definition) is 3. The Hall–Kier alpha value is -0.810. The van der Waals surface area contributed by atoms with Crippen molar-refractivity contribution in [3.05, 3.63) is 0 Å². The topological polar surface area (TPSA) is 52.8 Å². The fourth-order valence-electron chi connectivity index (χ4n) is 3.13. The molecule has 0 spiro atoms. The lowest BCUT2D eigenvalue weighted by atomic mass is 10.0. The van der Waals surface area contributed by atoms with Crippen molar-refractivity contribution in [1.82, 2.24) is 14.7 Å². The van der Waals surface area contributed by atoms with Gasteiger partial charge in [-0.2, -0.15) is 0 Å². The van der Waals surface area contributed by atoms with E-state index in [0.717, 1.165) is 52.0 Å². The van der Waals surface area contributed by atoms with Gasteiger partial charge in [0.25, 0.3) is 0 Å². The van der Waals surface area contributed by atoms with Gasteiger partial charge in [0.2, 0.25) is 0 Å². The molecule has 0 aromatic carbocycles. The SMILES string of the molecule is CCC1CN(C2CCN(CCN)CC2)C(=O)N1C. The largest absolute Gasteiger partial charge is 0.329 e. The number of amides is 2. The fourth-order valence-corrected chi connectivity index (χ4v) is 3.13. The van der Waals surface area contributed by atoms with Crippen molar-refractivity contribution >= 4 is 6.03 Å². The number of piperidine rings is 1. The van der Waals surface area contributed by atoms with E-state index in [9.17, 15) is 4.79 Å². The molecule has 2 aliphatic heterocycles. The molecule has 0 aliphatic carbocycles. The molecule has 1 atom stereocenters. The van der Waals surface area contributed by atoms with Crippen molar-refractivity contribution in [3.63, 3.8) is 0 Å². The third-order valence-electron chi connectivity index (χ3n) is 4.42. The third-order valence-corrected chi connectivity index (χ3v) is 4.42. The number of likely N-dealkylation sites (tertiary alicyclic amines) is 1. The number of hydrogen-bond donors (Lipinski definition) is 1. The number of carbonyl (C=O) groups is 1. The normalized spacial score (nSPS) is 27.3. The quantitative estimate of drug-likeness (QED) is 0.797. The number of carbonyl (C=O) groups excluding carboxylic acids is 1. The highest BCUT2D eigenvalue weighted by atomic mass is 16.2. The molecule has 5 heteroatoms. The molecular formula is C13H26N4O. The zero-order chi connectivity index (χ0) is 13.1. The summed E-state index contributed by atoms with van der Waals surface area (Å²) in [4.78, 5) is 18.6. The van der Waals surface area contributed by atoms with E-state index in [1.54, 1.807) is 0 Å². The van der Waals surface area contributed by atoms with Gasteiger partial charge in [-0.15, -0.1) is 0 Å². The van der Waals surface area contributed by atoms with Gasteiger partial charge in [0.05, 0.1) is 6.04 Å². The van der Waals surface area contributed by atoms with Crippen LogP contribution >= 0.6 is 0 Å². The predicted octanol–water partition coefficient (Wildman–Crippen LogP) is 0.556. The smallest absolute Gasteiger partial charge is 0.320 e. The minimum absolute atomic E-state index is 0.221. The molecule has 0 saturated carbocycles. The minimum Gasteiger partial charge on any atom is -0.329 e. The van der Waals surface area contributed by atoms with Crippen molar-refractivity contribution < 1.29 is 4.79 Å². The lowest BCUT2D eigenvalue weighted by molar-refractivity contribution is 0.133. The fraction of sp³-hybridized carbons (Fsp3) is 0.923. The van der Waals surface area contributed by atoms with Crippen LogP contribution in [0.15, 0.2) is 0 Å². The Bertz CT molecular complexity index is 289. The Morgan fingerprint density at radius 1 is 1.33 bits per heavy atom. The molecule has 0 bridgehead atoms. The molecule has 104 valence electrons. The average Bonchev–Trinajstić information content (AvgIpc) is 2.68. The number of rotatable bonds is 4. The molecule has 2 rings (SSSR count). The molecule has 0 aromatic rings. The molecular weight excluding hydrogens is 228 g/mol. The second kappa shape index (κ2) is 5.89. The second-order valence-electron chi connectivity index (χ2n) is 5.47. The maximum absolute atomic E-state index is 12.2. The molecule has 2 aliphatic rings. The van der Waals surface area contributed by atoms with Gasteiger partial charge in [0.1, 0.15) is 0 Å². The van der Waals surface area contributed by atoms with Crippen molar-refractivity contribution in [2.24, 2.45) is 5.73 Å². The van der Waals surface area contributed by atoms with Crippen molar-refractivity contribution in [2.45, 2.75) is 38.3 Å². The summed E-state index contributed by atoms with van der Waals surface area (Å²) in [7, 11) is 1.93. The summed E-state index contributed by atoms with van der Waals surface area (Å²) < 4.78 is 0. The predicted molar refractivity (Wildman–Crippen MR) is 72.5 cm³/mol. The standard InChI is InChI=1S/C13H26N4O/c1-3-11-10-17(13(18)15(11)2)12-4-7-16(8-5-12)9-6-14/h11-12H,3-10,14H2,1-2H3. The molecule has 5 nitrogen and oxygen atoms in total. The van der Waals surface area contributed by atoms with Crippen LogP contribution in [0.1, 0.15) is 26.2 Å². The van der Waals surface area contributed by atoms with Crippen LogP contribution in [-0.2, 0) is 0 Å². The third kappa shape index (κ3) is 2.62. The van der Waals surface area contributed by atoms with Crippen LogP contribution in [0.25, 0.3) is 0 Å². The molecule has 0 radical (unpaired) electrons. The zero-order valence-electron chi connectivity index (χ0n) is 11.6. The average molecular weight is 254 g/mol. The van der Waals surface area contributed by atoms with Crippen LogP contribution in [0.3, 0.4) is 0 Å². The maximum atomic E-state index is 12.2. The van der Waals surface area contributed by atoms with Gasteiger partial charge < -0.3 is 20.4 Å². The van der Waals surface area contributed by atoms with Crippen LogP contribution in [0.5, 0.6) is 0 Å². The summed E-state index contributed by atoms with van der Waals surface area (Å²) >= 11 is 0. The molecule has 0 aromatic heterocycles. The van der Waals surface area contributed by atoms with Crippen molar-refractivity contribution in [2.75, 3.05) is 39.8 Å². The zero-order valence-corrected chi connectivity index (χ0v) is 11.6. The summed E-state index contributed by atoms with van der Waals surface area (Å²) in [5.74, 6) is 0. The minimum atomic E-state index is 0.221. The Morgan fingerprint density at radius 3 is 2.50 bits per heavy atom. The highest BCUT2D eigenvalue weighted by Gasteiger charge is 2.38. The number of nitrogens with two attached hydrogens (primary N) is 1. The van der Waals surface area contributed by atoms with Crippen molar-refractivity contribution in [3.8, 4) is 0 Å². The lowest BCUT2D eigenvalue weighted by Crippen LogP contribution is -2.47. The monoisotopic (exact) mass is 254 g/mol. The van der Waals surface area contributed by atoms with E-state index in [1.807, 2.05) is 11.9 Å². The van der Waals surface area contributed by atoms with Crippen LogP contribution in [0.2, 0.25) is 0 Å². The Labute approximate surface area is 110 Å². The van der Waals surface area contributed by atoms with Gasteiger partial charge >= 0.3 is 6.03 Å².